The van der Waals surface area contributed by atoms with Gasteiger partial charge in [0.05, 0.1) is 18.2 Å². The summed E-state index contributed by atoms with van der Waals surface area (Å²) in [5, 5.41) is 21.1. The normalized spacial score (nSPS) is 11.9. The molecule has 4 nitrogen and oxygen atoms in total. The molecule has 0 aliphatic carbocycles. The second-order valence-electron chi connectivity index (χ2n) is 4.71. The summed E-state index contributed by atoms with van der Waals surface area (Å²) in [7, 11) is 0. The minimum absolute atomic E-state index is 0.167. The molecule has 0 saturated carbocycles. The van der Waals surface area contributed by atoms with Gasteiger partial charge in [-0.15, -0.1) is 0 Å². The molecule has 1 atom stereocenters. The summed E-state index contributed by atoms with van der Waals surface area (Å²) >= 11 is 0. The van der Waals surface area contributed by atoms with Gasteiger partial charge in [0.15, 0.2) is 0 Å². The molecule has 0 radical (unpaired) electrons. The molecule has 0 aromatic heterocycles. The van der Waals surface area contributed by atoms with Gasteiger partial charge in [0.25, 0.3) is 5.91 Å². The molecule has 110 valence electrons. The van der Waals surface area contributed by atoms with Crippen molar-refractivity contribution in [3.63, 3.8) is 0 Å². The Balaban J connectivity index is 2.06. The van der Waals surface area contributed by atoms with E-state index in [1.807, 2.05) is 30.3 Å². The van der Waals surface area contributed by atoms with Crippen LogP contribution in [0.5, 0.6) is 5.75 Å². The molecule has 1 amide bonds. The van der Waals surface area contributed by atoms with Gasteiger partial charge in [-0.2, -0.15) is 0 Å². The number of benzene rings is 2. The molecule has 0 unspecified atom stereocenters. The lowest BCUT2D eigenvalue weighted by Crippen LogP contribution is -2.39. The van der Waals surface area contributed by atoms with E-state index in [4.69, 9.17) is 5.11 Å². The zero-order valence-electron chi connectivity index (χ0n) is 11.3. The third-order valence-corrected chi connectivity index (χ3v) is 3.08. The number of rotatable bonds is 5. The number of carbonyl (C=O) groups excluding carboxylic acids is 1. The molecular formula is C16H16FNO3. The lowest BCUT2D eigenvalue weighted by atomic mass is 10.1. The zero-order valence-corrected chi connectivity index (χ0v) is 11.3. The standard InChI is InChI=1S/C16H16FNO3/c17-15-9-13(20)6-7-14(15)16(21)18-12(10-19)8-11-4-2-1-3-5-11/h1-7,9,12,19-20H,8,10H2,(H,18,21)/t12-/m0/s1. The van der Waals surface area contributed by atoms with E-state index in [-0.39, 0.29) is 17.9 Å². The van der Waals surface area contributed by atoms with Crippen LogP contribution in [0.3, 0.4) is 0 Å². The van der Waals surface area contributed by atoms with Gasteiger partial charge in [-0.05, 0) is 24.1 Å². The highest BCUT2D eigenvalue weighted by Crippen LogP contribution is 2.15. The Morgan fingerprint density at radius 3 is 2.52 bits per heavy atom. The molecule has 0 saturated heterocycles. The number of halogens is 1. The number of aromatic hydroxyl groups is 1. The van der Waals surface area contributed by atoms with Crippen molar-refractivity contribution in [1.29, 1.82) is 0 Å². The molecule has 21 heavy (non-hydrogen) atoms. The molecule has 3 N–H and O–H groups in total. The van der Waals surface area contributed by atoms with Gasteiger partial charge in [0.2, 0.25) is 0 Å². The minimum atomic E-state index is -0.802. The van der Waals surface area contributed by atoms with E-state index in [1.165, 1.54) is 12.1 Å². The van der Waals surface area contributed by atoms with Crippen LogP contribution in [0.2, 0.25) is 0 Å². The van der Waals surface area contributed by atoms with Gasteiger partial charge in [0, 0.05) is 6.07 Å². The van der Waals surface area contributed by atoms with E-state index in [2.05, 4.69) is 5.32 Å². The van der Waals surface area contributed by atoms with Crippen LogP contribution in [0.4, 0.5) is 4.39 Å². The van der Waals surface area contributed by atoms with Crippen LogP contribution < -0.4 is 5.32 Å². The number of phenolic OH excluding ortho intramolecular Hbond substituents is 1. The van der Waals surface area contributed by atoms with Crippen molar-refractivity contribution in [2.24, 2.45) is 0 Å². The molecule has 2 rings (SSSR count). The summed E-state index contributed by atoms with van der Waals surface area (Å²) in [4.78, 5) is 12.0. The van der Waals surface area contributed by atoms with Gasteiger partial charge in [-0.3, -0.25) is 4.79 Å². The molecule has 2 aromatic carbocycles. The fraction of sp³-hybridized carbons (Fsp3) is 0.188. The Morgan fingerprint density at radius 2 is 1.90 bits per heavy atom. The highest BCUT2D eigenvalue weighted by molar-refractivity contribution is 5.94. The van der Waals surface area contributed by atoms with E-state index in [1.54, 1.807) is 0 Å². The first-order chi connectivity index (χ1) is 10.1. The summed E-state index contributed by atoms with van der Waals surface area (Å²) in [6.45, 7) is -0.250. The Morgan fingerprint density at radius 1 is 1.19 bits per heavy atom. The summed E-state index contributed by atoms with van der Waals surface area (Å²) in [6, 6.07) is 12.2. The molecule has 2 aromatic rings. The first-order valence-electron chi connectivity index (χ1n) is 6.54. The topological polar surface area (TPSA) is 69.6 Å². The number of carbonyl (C=O) groups is 1. The maximum atomic E-state index is 13.6. The number of phenols is 1. The van der Waals surface area contributed by atoms with E-state index >= 15 is 0 Å². The second kappa shape index (κ2) is 6.85. The number of hydrogen-bond acceptors (Lipinski definition) is 3. The molecular weight excluding hydrogens is 273 g/mol. The predicted molar refractivity (Wildman–Crippen MR) is 76.6 cm³/mol. The van der Waals surface area contributed by atoms with Crippen molar-refractivity contribution < 1.29 is 19.4 Å². The van der Waals surface area contributed by atoms with Crippen LogP contribution in [-0.2, 0) is 6.42 Å². The molecule has 0 aliphatic rings. The fourth-order valence-electron chi connectivity index (χ4n) is 2.01. The van der Waals surface area contributed by atoms with E-state index in [9.17, 15) is 14.3 Å². The van der Waals surface area contributed by atoms with E-state index in [0.717, 1.165) is 11.6 Å². The largest absolute Gasteiger partial charge is 0.508 e. The average Bonchev–Trinajstić information content (AvgIpc) is 2.47. The number of aliphatic hydroxyl groups excluding tert-OH is 1. The monoisotopic (exact) mass is 289 g/mol. The maximum absolute atomic E-state index is 13.6. The molecule has 0 fully saturated rings. The van der Waals surface area contributed by atoms with E-state index in [0.29, 0.717) is 6.42 Å². The van der Waals surface area contributed by atoms with Crippen LogP contribution in [0.15, 0.2) is 48.5 Å². The highest BCUT2D eigenvalue weighted by atomic mass is 19.1. The van der Waals surface area contributed by atoms with Crippen LogP contribution in [0.1, 0.15) is 15.9 Å². The van der Waals surface area contributed by atoms with Crippen molar-refractivity contribution in [2.45, 2.75) is 12.5 Å². The minimum Gasteiger partial charge on any atom is -0.508 e. The summed E-state index contributed by atoms with van der Waals surface area (Å²) in [5.41, 5.74) is 0.794. The number of nitrogens with one attached hydrogen (secondary N) is 1. The van der Waals surface area contributed by atoms with Crippen LogP contribution in [0.25, 0.3) is 0 Å². The van der Waals surface area contributed by atoms with Crippen LogP contribution >= 0.6 is 0 Å². The number of hydrogen-bond donors (Lipinski definition) is 3. The lowest BCUT2D eigenvalue weighted by molar-refractivity contribution is 0.0912. The van der Waals surface area contributed by atoms with Crippen LogP contribution in [-0.4, -0.2) is 28.8 Å². The molecule has 5 heteroatoms. The Hall–Kier alpha value is -2.40. The molecule has 0 aliphatic heterocycles. The summed E-state index contributed by atoms with van der Waals surface area (Å²) in [5.74, 6) is -1.67. The fourth-order valence-corrected chi connectivity index (χ4v) is 2.01. The lowest BCUT2D eigenvalue weighted by Gasteiger charge is -2.16. The third kappa shape index (κ3) is 4.03. The summed E-state index contributed by atoms with van der Waals surface area (Å²) < 4.78 is 13.6. The number of amides is 1. The van der Waals surface area contributed by atoms with Crippen molar-refractivity contribution in [3.8, 4) is 5.75 Å². The highest BCUT2D eigenvalue weighted by Gasteiger charge is 2.17. The van der Waals surface area contributed by atoms with Gasteiger partial charge in [-0.25, -0.2) is 4.39 Å². The predicted octanol–water partition coefficient (Wildman–Crippen LogP) is 1.86. The molecule has 0 heterocycles. The Labute approximate surface area is 121 Å². The maximum Gasteiger partial charge on any atom is 0.254 e. The first-order valence-corrected chi connectivity index (χ1v) is 6.54. The van der Waals surface area contributed by atoms with Gasteiger partial charge in [-0.1, -0.05) is 30.3 Å². The van der Waals surface area contributed by atoms with Crippen molar-refractivity contribution in [2.75, 3.05) is 6.61 Å². The van der Waals surface area contributed by atoms with Gasteiger partial charge < -0.3 is 15.5 Å². The number of aliphatic hydroxyl groups is 1. The average molecular weight is 289 g/mol. The quantitative estimate of drug-likeness (QED) is 0.787. The van der Waals surface area contributed by atoms with Crippen molar-refractivity contribution >= 4 is 5.91 Å². The second-order valence-corrected chi connectivity index (χ2v) is 4.71. The SMILES string of the molecule is O=C(N[C@H](CO)Cc1ccccc1)c1ccc(O)cc1F. The third-order valence-electron chi connectivity index (χ3n) is 3.08. The smallest absolute Gasteiger partial charge is 0.254 e. The summed E-state index contributed by atoms with van der Waals surface area (Å²) in [6.07, 6.45) is 0.447. The Bertz CT molecular complexity index is 616. The Kier molecular flexibility index (Phi) is 4.90. The van der Waals surface area contributed by atoms with Crippen molar-refractivity contribution in [1.82, 2.24) is 5.32 Å². The van der Waals surface area contributed by atoms with Crippen LogP contribution in [0, 0.1) is 5.82 Å². The van der Waals surface area contributed by atoms with Gasteiger partial charge >= 0.3 is 0 Å². The first kappa shape index (κ1) is 15.0. The van der Waals surface area contributed by atoms with E-state index < -0.39 is 17.8 Å². The molecule has 0 bridgehead atoms. The van der Waals surface area contributed by atoms with Gasteiger partial charge in [0.1, 0.15) is 11.6 Å². The zero-order chi connectivity index (χ0) is 15.2. The van der Waals surface area contributed by atoms with Crippen molar-refractivity contribution in [3.05, 3.63) is 65.5 Å². The molecule has 0 spiro atoms.